The Morgan fingerprint density at radius 3 is 2.74 bits per heavy atom. The minimum atomic E-state index is -0.287. The van der Waals surface area contributed by atoms with Crippen LogP contribution in [0.15, 0.2) is 23.4 Å². The summed E-state index contributed by atoms with van der Waals surface area (Å²) in [5.74, 6) is 0. The van der Waals surface area contributed by atoms with Gasteiger partial charge in [0.25, 0.3) is 0 Å². The van der Waals surface area contributed by atoms with E-state index in [1.54, 1.807) is 0 Å². The van der Waals surface area contributed by atoms with Crippen molar-refractivity contribution in [1.82, 2.24) is 0 Å². The van der Waals surface area contributed by atoms with E-state index in [9.17, 15) is 10.2 Å². The zero-order valence-electron chi connectivity index (χ0n) is 10.6. The highest BCUT2D eigenvalue weighted by molar-refractivity contribution is 6.01. The van der Waals surface area contributed by atoms with Crippen LogP contribution in [0, 0.1) is 0 Å². The van der Waals surface area contributed by atoms with Crippen LogP contribution in [0.2, 0.25) is 0 Å². The first-order valence-corrected chi connectivity index (χ1v) is 6.43. The monoisotopic (exact) mass is 263 g/mol. The normalized spacial score (nSPS) is 25.7. The molecule has 2 aliphatic heterocycles. The van der Waals surface area contributed by atoms with Crippen molar-refractivity contribution in [2.75, 3.05) is 13.2 Å². The molecule has 1 atom stereocenters. The second-order valence-electron chi connectivity index (χ2n) is 5.09. The summed E-state index contributed by atoms with van der Waals surface area (Å²) in [5, 5.41) is 22.7. The van der Waals surface area contributed by atoms with Gasteiger partial charge in [0.15, 0.2) is 5.60 Å². The van der Waals surface area contributed by atoms with Gasteiger partial charge in [0.2, 0.25) is 0 Å². The summed E-state index contributed by atoms with van der Waals surface area (Å²) in [4.78, 5) is 5.55. The first-order chi connectivity index (χ1) is 9.26. The second kappa shape index (κ2) is 4.92. The molecule has 2 aliphatic rings. The molecule has 1 saturated heterocycles. The molecule has 0 amide bonds. The van der Waals surface area contributed by atoms with Crippen molar-refractivity contribution >= 4 is 5.71 Å². The number of benzene rings is 1. The molecule has 5 nitrogen and oxygen atoms in total. The Morgan fingerprint density at radius 1 is 1.21 bits per heavy atom. The fraction of sp³-hybridized carbons (Fsp3) is 0.500. The number of aliphatic hydroxyl groups is 2. The molecular weight excluding hydrogens is 246 g/mol. The minimum absolute atomic E-state index is 0.0725. The number of hydrogen-bond donors (Lipinski definition) is 2. The van der Waals surface area contributed by atoms with Crippen LogP contribution in [-0.2, 0) is 22.8 Å². The van der Waals surface area contributed by atoms with Crippen molar-refractivity contribution in [2.24, 2.45) is 5.16 Å². The summed E-state index contributed by atoms with van der Waals surface area (Å²) in [6.07, 6.45) is 1.60. The van der Waals surface area contributed by atoms with Gasteiger partial charge in [-0.05, 0) is 22.8 Å². The predicted octanol–water partition coefficient (Wildman–Crippen LogP) is 0.955. The zero-order valence-corrected chi connectivity index (χ0v) is 10.6. The van der Waals surface area contributed by atoms with Crippen LogP contribution in [0.1, 0.15) is 29.5 Å². The first-order valence-electron chi connectivity index (χ1n) is 6.43. The van der Waals surface area contributed by atoms with Gasteiger partial charge >= 0.3 is 0 Å². The Labute approximate surface area is 111 Å². The standard InChI is InChI=1S/C14H17NO4/c16-7-11-2-1-10(5-12(11)8-17)13-6-14(19-15-13)3-4-18-9-14/h1-2,5,16-17H,3-4,6-9H2. The van der Waals surface area contributed by atoms with Crippen LogP contribution in [-0.4, -0.2) is 34.7 Å². The molecule has 3 rings (SSSR count). The minimum Gasteiger partial charge on any atom is -0.392 e. The van der Waals surface area contributed by atoms with E-state index in [0.717, 1.165) is 35.2 Å². The SMILES string of the molecule is OCc1ccc(C2=NOC3(CCOC3)C2)cc1CO. The molecule has 1 aromatic rings. The van der Waals surface area contributed by atoms with Crippen LogP contribution in [0.4, 0.5) is 0 Å². The highest BCUT2D eigenvalue weighted by Crippen LogP contribution is 2.34. The Bertz CT molecular complexity index is 506. The van der Waals surface area contributed by atoms with Gasteiger partial charge in [0.1, 0.15) is 0 Å². The average Bonchev–Trinajstić information content (AvgIpc) is 3.09. The molecule has 0 radical (unpaired) electrons. The van der Waals surface area contributed by atoms with Gasteiger partial charge in [-0.3, -0.25) is 0 Å². The average molecular weight is 263 g/mol. The highest BCUT2D eigenvalue weighted by Gasteiger charge is 2.43. The number of oxime groups is 1. The largest absolute Gasteiger partial charge is 0.392 e. The fourth-order valence-corrected chi connectivity index (χ4v) is 2.58. The Hall–Kier alpha value is -1.43. The predicted molar refractivity (Wildman–Crippen MR) is 68.7 cm³/mol. The van der Waals surface area contributed by atoms with Crippen LogP contribution in [0.3, 0.4) is 0 Å². The summed E-state index contributed by atoms with van der Waals surface area (Å²) in [6.45, 7) is 1.14. The van der Waals surface area contributed by atoms with E-state index < -0.39 is 0 Å². The van der Waals surface area contributed by atoms with Crippen molar-refractivity contribution in [3.63, 3.8) is 0 Å². The molecule has 0 aliphatic carbocycles. The van der Waals surface area contributed by atoms with Crippen molar-refractivity contribution in [1.29, 1.82) is 0 Å². The van der Waals surface area contributed by atoms with Crippen LogP contribution < -0.4 is 0 Å². The van der Waals surface area contributed by atoms with Crippen molar-refractivity contribution < 1.29 is 19.8 Å². The van der Waals surface area contributed by atoms with Gasteiger partial charge in [0.05, 0.1) is 32.1 Å². The van der Waals surface area contributed by atoms with Crippen LogP contribution in [0.25, 0.3) is 0 Å². The van der Waals surface area contributed by atoms with Crippen LogP contribution in [0.5, 0.6) is 0 Å². The number of aliphatic hydroxyl groups excluding tert-OH is 2. The van der Waals surface area contributed by atoms with Gasteiger partial charge in [-0.25, -0.2) is 0 Å². The smallest absolute Gasteiger partial charge is 0.168 e. The number of hydrogen-bond acceptors (Lipinski definition) is 5. The maximum absolute atomic E-state index is 9.32. The first kappa shape index (κ1) is 12.6. The third-order valence-electron chi connectivity index (χ3n) is 3.79. The third kappa shape index (κ3) is 2.25. The lowest BCUT2D eigenvalue weighted by Crippen LogP contribution is -2.29. The third-order valence-corrected chi connectivity index (χ3v) is 3.79. The maximum Gasteiger partial charge on any atom is 0.168 e. The van der Waals surface area contributed by atoms with E-state index in [-0.39, 0.29) is 18.8 Å². The molecule has 1 aromatic carbocycles. The Kier molecular flexibility index (Phi) is 3.26. The van der Waals surface area contributed by atoms with E-state index in [1.807, 2.05) is 18.2 Å². The lowest BCUT2D eigenvalue weighted by Gasteiger charge is -2.17. The highest BCUT2D eigenvalue weighted by atomic mass is 16.7. The van der Waals surface area contributed by atoms with E-state index >= 15 is 0 Å². The molecule has 19 heavy (non-hydrogen) atoms. The summed E-state index contributed by atoms with van der Waals surface area (Å²) in [5.41, 5.74) is 3.00. The quantitative estimate of drug-likeness (QED) is 0.852. The molecule has 2 N–H and O–H groups in total. The molecule has 0 saturated carbocycles. The molecule has 0 bridgehead atoms. The molecule has 1 fully saturated rings. The van der Waals surface area contributed by atoms with Gasteiger partial charge in [-0.15, -0.1) is 0 Å². The van der Waals surface area contributed by atoms with Crippen LogP contribution >= 0.6 is 0 Å². The number of ether oxygens (including phenoxy) is 1. The molecule has 0 aromatic heterocycles. The molecule has 102 valence electrons. The Balaban J connectivity index is 1.83. The van der Waals surface area contributed by atoms with E-state index in [0.29, 0.717) is 13.2 Å². The van der Waals surface area contributed by atoms with Gasteiger partial charge in [-0.1, -0.05) is 17.3 Å². The Morgan fingerprint density at radius 2 is 2.05 bits per heavy atom. The van der Waals surface area contributed by atoms with Crippen molar-refractivity contribution in [3.8, 4) is 0 Å². The van der Waals surface area contributed by atoms with Gasteiger partial charge in [-0.2, -0.15) is 0 Å². The zero-order chi connectivity index (χ0) is 13.3. The number of rotatable bonds is 3. The topological polar surface area (TPSA) is 71.3 Å². The molecule has 1 unspecified atom stereocenters. The lowest BCUT2D eigenvalue weighted by atomic mass is 9.92. The van der Waals surface area contributed by atoms with E-state index in [4.69, 9.17) is 9.57 Å². The van der Waals surface area contributed by atoms with Crippen molar-refractivity contribution in [2.45, 2.75) is 31.7 Å². The summed E-state index contributed by atoms with van der Waals surface area (Å²) in [6, 6.07) is 5.59. The molecule has 1 spiro atoms. The summed E-state index contributed by atoms with van der Waals surface area (Å²) in [7, 11) is 0. The maximum atomic E-state index is 9.32. The van der Waals surface area contributed by atoms with Gasteiger partial charge < -0.3 is 19.8 Å². The molecular formula is C14H17NO4. The van der Waals surface area contributed by atoms with Crippen molar-refractivity contribution in [3.05, 3.63) is 34.9 Å². The molecule has 2 heterocycles. The van der Waals surface area contributed by atoms with E-state index in [2.05, 4.69) is 5.16 Å². The second-order valence-corrected chi connectivity index (χ2v) is 5.09. The molecule has 5 heteroatoms. The summed E-state index contributed by atoms with van der Waals surface area (Å²) >= 11 is 0. The summed E-state index contributed by atoms with van der Waals surface area (Å²) < 4.78 is 5.38. The fourth-order valence-electron chi connectivity index (χ4n) is 2.58. The van der Waals surface area contributed by atoms with E-state index in [1.165, 1.54) is 0 Å². The van der Waals surface area contributed by atoms with Gasteiger partial charge in [0, 0.05) is 12.8 Å². The lowest BCUT2D eigenvalue weighted by molar-refractivity contribution is -0.0237. The number of nitrogens with zero attached hydrogens (tertiary/aromatic N) is 1.